The van der Waals surface area contributed by atoms with E-state index in [0.29, 0.717) is 18.7 Å². The van der Waals surface area contributed by atoms with Crippen LogP contribution in [-0.4, -0.2) is 46.1 Å². The van der Waals surface area contributed by atoms with Gasteiger partial charge in [0.1, 0.15) is 0 Å². The molecule has 0 radical (unpaired) electrons. The summed E-state index contributed by atoms with van der Waals surface area (Å²) in [5.41, 5.74) is 1.65. The fraction of sp³-hybridized carbons (Fsp3) is 0.421. The summed E-state index contributed by atoms with van der Waals surface area (Å²) in [4.78, 5) is 26.6. The molecule has 1 unspecified atom stereocenters. The molecule has 1 aliphatic heterocycles. The summed E-state index contributed by atoms with van der Waals surface area (Å²) in [6, 6.07) is 7.05. The van der Waals surface area contributed by atoms with Gasteiger partial charge in [-0.15, -0.1) is 0 Å². The van der Waals surface area contributed by atoms with Gasteiger partial charge in [-0.25, -0.2) is 0 Å². The average Bonchev–Trinajstić information content (AvgIpc) is 3.15. The largest absolute Gasteiger partial charge is 0.343 e. The number of nitrogens with one attached hydrogen (secondary N) is 1. The molecule has 1 aromatic heterocycles. The molecule has 0 saturated carbocycles. The summed E-state index contributed by atoms with van der Waals surface area (Å²) < 4.78 is 2.69. The van der Waals surface area contributed by atoms with Gasteiger partial charge in [0.2, 0.25) is 5.91 Å². The third kappa shape index (κ3) is 3.98. The van der Waals surface area contributed by atoms with Crippen LogP contribution in [0.25, 0.3) is 0 Å². The summed E-state index contributed by atoms with van der Waals surface area (Å²) in [5.74, 6) is -0.0645. The van der Waals surface area contributed by atoms with Crippen molar-refractivity contribution in [2.24, 2.45) is 12.5 Å². The molecule has 138 valence electrons. The Morgan fingerprint density at radius 1 is 1.31 bits per heavy atom. The Bertz CT molecular complexity index is 813. The fourth-order valence-electron chi connectivity index (χ4n) is 3.47. The molecule has 1 fully saturated rings. The molecular weight excluding hydrogens is 396 g/mol. The molecule has 1 saturated heterocycles. The van der Waals surface area contributed by atoms with Gasteiger partial charge in [-0.05, 0) is 35.2 Å². The predicted octanol–water partition coefficient (Wildman–Crippen LogP) is 2.56. The lowest BCUT2D eigenvalue weighted by molar-refractivity contribution is -0.129. The van der Waals surface area contributed by atoms with Gasteiger partial charge in [-0.2, -0.15) is 5.10 Å². The van der Waals surface area contributed by atoms with E-state index >= 15 is 0 Å². The summed E-state index contributed by atoms with van der Waals surface area (Å²) in [5, 5.41) is 6.97. The standard InChI is InChI=1S/C19H23BrN4O2/c1-19(2)12-24(11-16(19)14-8-22-23(3)10-14)17(25)9-21-18(26)13-4-6-15(20)7-5-13/h4-8,10,16H,9,11-12H2,1-3H3,(H,21,26). The highest BCUT2D eigenvalue weighted by molar-refractivity contribution is 9.10. The number of amides is 2. The second-order valence-electron chi connectivity index (χ2n) is 7.45. The number of carbonyl (C=O) groups is 2. The summed E-state index contributed by atoms with van der Waals surface area (Å²) >= 11 is 3.34. The van der Waals surface area contributed by atoms with Crippen LogP contribution >= 0.6 is 15.9 Å². The number of rotatable bonds is 4. The van der Waals surface area contributed by atoms with E-state index in [-0.39, 0.29) is 29.7 Å². The normalized spacial score (nSPS) is 18.8. The number of aryl methyl sites for hydroxylation is 1. The number of likely N-dealkylation sites (tertiary alicyclic amines) is 1. The topological polar surface area (TPSA) is 67.2 Å². The second kappa shape index (κ2) is 7.23. The summed E-state index contributed by atoms with van der Waals surface area (Å²) in [6.45, 7) is 5.65. The third-order valence-electron chi connectivity index (χ3n) is 4.93. The number of carbonyl (C=O) groups excluding carboxylic acids is 2. The van der Waals surface area contributed by atoms with Crippen LogP contribution in [0.1, 0.15) is 35.7 Å². The lowest BCUT2D eigenvalue weighted by Gasteiger charge is -2.24. The average molecular weight is 419 g/mol. The number of benzene rings is 1. The molecule has 2 heterocycles. The maximum Gasteiger partial charge on any atom is 0.251 e. The van der Waals surface area contributed by atoms with Crippen LogP contribution in [0, 0.1) is 5.41 Å². The Labute approximate surface area is 161 Å². The lowest BCUT2D eigenvalue weighted by Crippen LogP contribution is -2.39. The monoisotopic (exact) mass is 418 g/mol. The first-order valence-electron chi connectivity index (χ1n) is 8.56. The molecule has 2 amide bonds. The van der Waals surface area contributed by atoms with Crippen molar-refractivity contribution in [2.75, 3.05) is 19.6 Å². The van der Waals surface area contributed by atoms with Crippen LogP contribution in [-0.2, 0) is 11.8 Å². The molecule has 0 bridgehead atoms. The Kier molecular flexibility index (Phi) is 5.18. The molecule has 26 heavy (non-hydrogen) atoms. The number of nitrogens with zero attached hydrogens (tertiary/aromatic N) is 3. The number of hydrogen-bond donors (Lipinski definition) is 1. The Morgan fingerprint density at radius 3 is 2.62 bits per heavy atom. The van der Waals surface area contributed by atoms with E-state index in [9.17, 15) is 9.59 Å². The minimum atomic E-state index is -0.242. The second-order valence-corrected chi connectivity index (χ2v) is 8.37. The first-order chi connectivity index (χ1) is 12.3. The first kappa shape index (κ1) is 18.6. The highest BCUT2D eigenvalue weighted by Gasteiger charge is 2.42. The minimum absolute atomic E-state index is 0.00470. The Hall–Kier alpha value is -2.15. The maximum atomic E-state index is 12.6. The van der Waals surface area contributed by atoms with E-state index in [1.165, 1.54) is 0 Å². The molecule has 1 aromatic carbocycles. The van der Waals surface area contributed by atoms with Crippen molar-refractivity contribution in [3.05, 3.63) is 52.3 Å². The molecule has 0 spiro atoms. The molecule has 2 aromatic rings. The van der Waals surface area contributed by atoms with Crippen LogP contribution in [0.5, 0.6) is 0 Å². The van der Waals surface area contributed by atoms with Crippen LogP contribution in [0.3, 0.4) is 0 Å². The van der Waals surface area contributed by atoms with Crippen molar-refractivity contribution in [3.63, 3.8) is 0 Å². The predicted molar refractivity (Wildman–Crippen MR) is 103 cm³/mol. The van der Waals surface area contributed by atoms with E-state index in [2.05, 4.69) is 40.2 Å². The molecule has 1 atom stereocenters. The third-order valence-corrected chi connectivity index (χ3v) is 5.46. The van der Waals surface area contributed by atoms with E-state index in [1.807, 2.05) is 24.3 Å². The van der Waals surface area contributed by atoms with Gasteiger partial charge in [-0.3, -0.25) is 14.3 Å². The SMILES string of the molecule is Cn1cc(C2CN(C(=O)CNC(=O)c3ccc(Br)cc3)CC2(C)C)cn1. The highest BCUT2D eigenvalue weighted by Crippen LogP contribution is 2.42. The van der Waals surface area contributed by atoms with Crippen LogP contribution in [0.4, 0.5) is 0 Å². The van der Waals surface area contributed by atoms with E-state index < -0.39 is 0 Å². The Balaban J connectivity index is 1.60. The lowest BCUT2D eigenvalue weighted by atomic mass is 9.79. The van der Waals surface area contributed by atoms with Crippen LogP contribution in [0.15, 0.2) is 41.1 Å². The zero-order valence-electron chi connectivity index (χ0n) is 15.2. The van der Waals surface area contributed by atoms with E-state index in [0.717, 1.165) is 10.0 Å². The number of halogens is 1. The van der Waals surface area contributed by atoms with Crippen molar-refractivity contribution in [1.29, 1.82) is 0 Å². The smallest absolute Gasteiger partial charge is 0.251 e. The molecule has 1 aliphatic rings. The van der Waals surface area contributed by atoms with Crippen molar-refractivity contribution >= 4 is 27.7 Å². The van der Waals surface area contributed by atoms with Crippen LogP contribution in [0.2, 0.25) is 0 Å². The minimum Gasteiger partial charge on any atom is -0.343 e. The Morgan fingerprint density at radius 2 is 2.00 bits per heavy atom. The molecular formula is C19H23BrN4O2. The zero-order chi connectivity index (χ0) is 18.9. The maximum absolute atomic E-state index is 12.6. The van der Waals surface area contributed by atoms with Gasteiger partial charge in [0, 0.05) is 42.3 Å². The molecule has 6 nitrogen and oxygen atoms in total. The molecule has 1 N–H and O–H groups in total. The number of aromatic nitrogens is 2. The molecule has 7 heteroatoms. The van der Waals surface area contributed by atoms with Crippen molar-refractivity contribution in [1.82, 2.24) is 20.0 Å². The summed E-state index contributed by atoms with van der Waals surface area (Å²) in [6.07, 6.45) is 3.88. The first-order valence-corrected chi connectivity index (χ1v) is 9.35. The van der Waals surface area contributed by atoms with Crippen molar-refractivity contribution in [2.45, 2.75) is 19.8 Å². The zero-order valence-corrected chi connectivity index (χ0v) is 16.8. The van der Waals surface area contributed by atoms with Crippen molar-refractivity contribution in [3.8, 4) is 0 Å². The van der Waals surface area contributed by atoms with Gasteiger partial charge in [-0.1, -0.05) is 29.8 Å². The van der Waals surface area contributed by atoms with Gasteiger partial charge >= 0.3 is 0 Å². The van der Waals surface area contributed by atoms with Crippen molar-refractivity contribution < 1.29 is 9.59 Å². The van der Waals surface area contributed by atoms with Gasteiger partial charge in [0.25, 0.3) is 5.91 Å². The van der Waals surface area contributed by atoms with E-state index in [4.69, 9.17) is 0 Å². The molecule has 3 rings (SSSR count). The fourth-order valence-corrected chi connectivity index (χ4v) is 3.74. The van der Waals surface area contributed by atoms with Gasteiger partial charge in [0.15, 0.2) is 0 Å². The number of hydrogen-bond acceptors (Lipinski definition) is 3. The quantitative estimate of drug-likeness (QED) is 0.829. The van der Waals surface area contributed by atoms with Crippen LogP contribution < -0.4 is 5.32 Å². The molecule has 0 aliphatic carbocycles. The van der Waals surface area contributed by atoms with Gasteiger partial charge in [0.05, 0.1) is 12.7 Å². The van der Waals surface area contributed by atoms with E-state index in [1.54, 1.807) is 28.9 Å². The summed E-state index contributed by atoms with van der Waals surface area (Å²) in [7, 11) is 1.89. The highest BCUT2D eigenvalue weighted by atomic mass is 79.9. The van der Waals surface area contributed by atoms with Gasteiger partial charge < -0.3 is 10.2 Å².